The quantitative estimate of drug-likeness (QED) is 0.320. The van der Waals surface area contributed by atoms with Crippen molar-refractivity contribution in [3.05, 3.63) is 96.1 Å². The highest BCUT2D eigenvalue weighted by Crippen LogP contribution is 2.25. The fraction of sp³-hybridized carbons (Fsp3) is 0.310. The van der Waals surface area contributed by atoms with Crippen molar-refractivity contribution in [3.8, 4) is 0 Å². The molecule has 0 radical (unpaired) electrons. The van der Waals surface area contributed by atoms with Gasteiger partial charge in [-0.1, -0.05) is 140 Å². The summed E-state index contributed by atoms with van der Waals surface area (Å²) in [5, 5.41) is 5.34. The molecule has 0 aliphatic carbocycles. The highest BCUT2D eigenvalue weighted by atomic mass is 14.1. The Morgan fingerprint density at radius 3 is 1.07 bits per heavy atom. The van der Waals surface area contributed by atoms with Crippen LogP contribution in [0.3, 0.4) is 0 Å². The molecule has 0 bridgehead atoms. The van der Waals surface area contributed by atoms with Crippen molar-refractivity contribution >= 4 is 21.5 Å². The second kappa shape index (κ2) is 16.4. The summed E-state index contributed by atoms with van der Waals surface area (Å²) in [6.07, 6.45) is 0.975. The van der Waals surface area contributed by atoms with Gasteiger partial charge in [0.1, 0.15) is 0 Å². The zero-order valence-electron chi connectivity index (χ0n) is 19.8. The van der Waals surface area contributed by atoms with Crippen molar-refractivity contribution in [1.29, 1.82) is 0 Å². The van der Waals surface area contributed by atoms with Crippen LogP contribution in [0.4, 0.5) is 0 Å². The summed E-state index contributed by atoms with van der Waals surface area (Å²) in [5.74, 6) is 0. The lowest BCUT2D eigenvalue weighted by Gasteiger charge is -2.09. The van der Waals surface area contributed by atoms with E-state index in [4.69, 9.17) is 0 Å². The zero-order valence-corrected chi connectivity index (χ0v) is 19.8. The third-order valence-electron chi connectivity index (χ3n) is 4.14. The van der Waals surface area contributed by atoms with Gasteiger partial charge in [-0.15, -0.1) is 0 Å². The van der Waals surface area contributed by atoms with Crippen molar-refractivity contribution in [3.63, 3.8) is 0 Å². The van der Waals surface area contributed by atoms with E-state index in [0.717, 1.165) is 6.42 Å². The standard InChI is InChI=1S/C21H16.4C2H6/c1-3-13-20-16(7-1)9-5-11-18(20)15-19-12-6-10-17-8-2-4-14-21(17)19;4*1-2/h1-14H,15H2;4*1-2H3. The average Bonchev–Trinajstić information content (AvgIpc) is 2.85. The molecule has 0 aliphatic heterocycles. The predicted molar refractivity (Wildman–Crippen MR) is 136 cm³/mol. The van der Waals surface area contributed by atoms with Crippen LogP contribution in [0, 0.1) is 0 Å². The van der Waals surface area contributed by atoms with Gasteiger partial charge < -0.3 is 0 Å². The van der Waals surface area contributed by atoms with Crippen LogP contribution < -0.4 is 0 Å². The van der Waals surface area contributed by atoms with Crippen molar-refractivity contribution in [2.75, 3.05) is 0 Å². The third-order valence-corrected chi connectivity index (χ3v) is 4.14. The Bertz CT molecular complexity index is 831. The minimum absolute atomic E-state index is 0.975. The Balaban J connectivity index is 0.000000881. The SMILES string of the molecule is CC.CC.CC.CC.c1ccc2c(Cc3cccc4ccccc34)cccc2c1. The first-order valence-corrected chi connectivity index (χ1v) is 11.3. The molecule has 0 heterocycles. The number of fused-ring (bicyclic) bond motifs is 2. The van der Waals surface area contributed by atoms with Crippen molar-refractivity contribution in [2.45, 2.75) is 61.8 Å². The van der Waals surface area contributed by atoms with Crippen molar-refractivity contribution < 1.29 is 0 Å². The van der Waals surface area contributed by atoms with E-state index < -0.39 is 0 Å². The van der Waals surface area contributed by atoms with Crippen LogP contribution in [0.1, 0.15) is 66.5 Å². The van der Waals surface area contributed by atoms with Gasteiger partial charge >= 0.3 is 0 Å². The summed E-state index contributed by atoms with van der Waals surface area (Å²) in [7, 11) is 0. The molecule has 0 heteroatoms. The molecule has 0 spiro atoms. The molecule has 0 N–H and O–H groups in total. The van der Waals surface area contributed by atoms with Crippen LogP contribution in [0.15, 0.2) is 84.9 Å². The molecule has 0 saturated carbocycles. The summed E-state index contributed by atoms with van der Waals surface area (Å²) in [6.45, 7) is 16.0. The van der Waals surface area contributed by atoms with Crippen molar-refractivity contribution in [2.24, 2.45) is 0 Å². The summed E-state index contributed by atoms with van der Waals surface area (Å²) < 4.78 is 0. The largest absolute Gasteiger partial charge is 0.0683 e. The van der Waals surface area contributed by atoms with Crippen LogP contribution in [-0.2, 0) is 6.42 Å². The Kier molecular flexibility index (Phi) is 14.9. The van der Waals surface area contributed by atoms with Crippen LogP contribution in [0.5, 0.6) is 0 Å². The molecule has 0 fully saturated rings. The predicted octanol–water partition coefficient (Wildman–Crippen LogP) is 9.69. The topological polar surface area (TPSA) is 0 Å². The fourth-order valence-electron chi connectivity index (χ4n) is 3.10. The molecule has 0 amide bonds. The molecule has 0 nitrogen and oxygen atoms in total. The number of hydrogen-bond donors (Lipinski definition) is 0. The number of rotatable bonds is 2. The lowest BCUT2D eigenvalue weighted by molar-refractivity contribution is 1.24. The maximum Gasteiger partial charge on any atom is -0.00135 e. The third kappa shape index (κ3) is 7.38. The summed E-state index contributed by atoms with van der Waals surface area (Å²) in [6, 6.07) is 30.4. The van der Waals surface area contributed by atoms with Crippen LogP contribution in [0.2, 0.25) is 0 Å². The molecule has 4 aromatic carbocycles. The first-order chi connectivity index (χ1) is 14.4. The molecular formula is C29H40. The number of hydrogen-bond acceptors (Lipinski definition) is 0. The van der Waals surface area contributed by atoms with Gasteiger partial charge in [-0.05, 0) is 39.1 Å². The Hall–Kier alpha value is -2.60. The van der Waals surface area contributed by atoms with E-state index in [9.17, 15) is 0 Å². The lowest BCUT2D eigenvalue weighted by atomic mass is 9.95. The summed E-state index contributed by atoms with van der Waals surface area (Å²) >= 11 is 0. The molecule has 4 aromatic rings. The first-order valence-electron chi connectivity index (χ1n) is 11.3. The molecule has 29 heavy (non-hydrogen) atoms. The van der Waals surface area contributed by atoms with Gasteiger partial charge in [-0.3, -0.25) is 0 Å². The van der Waals surface area contributed by atoms with Crippen LogP contribution >= 0.6 is 0 Å². The Labute approximate surface area is 179 Å². The molecule has 0 atom stereocenters. The maximum atomic E-state index is 2.24. The molecule has 0 unspecified atom stereocenters. The van der Waals surface area contributed by atoms with Gasteiger partial charge in [0.15, 0.2) is 0 Å². The van der Waals surface area contributed by atoms with Gasteiger partial charge in [0.05, 0.1) is 0 Å². The monoisotopic (exact) mass is 388 g/mol. The van der Waals surface area contributed by atoms with Gasteiger partial charge in [-0.2, -0.15) is 0 Å². The van der Waals surface area contributed by atoms with Crippen molar-refractivity contribution in [1.82, 2.24) is 0 Å². The van der Waals surface area contributed by atoms with E-state index in [0.29, 0.717) is 0 Å². The van der Waals surface area contributed by atoms with E-state index in [1.54, 1.807) is 0 Å². The number of benzene rings is 4. The average molecular weight is 389 g/mol. The van der Waals surface area contributed by atoms with E-state index in [2.05, 4.69) is 84.9 Å². The highest BCUT2D eigenvalue weighted by Gasteiger charge is 2.04. The molecule has 156 valence electrons. The Morgan fingerprint density at radius 1 is 0.379 bits per heavy atom. The Morgan fingerprint density at radius 2 is 0.690 bits per heavy atom. The lowest BCUT2D eigenvalue weighted by Crippen LogP contribution is -1.91. The second-order valence-electron chi connectivity index (χ2n) is 5.45. The van der Waals surface area contributed by atoms with E-state index >= 15 is 0 Å². The zero-order chi connectivity index (χ0) is 22.1. The summed E-state index contributed by atoms with van der Waals surface area (Å²) in [5.41, 5.74) is 2.79. The fourth-order valence-corrected chi connectivity index (χ4v) is 3.10. The van der Waals surface area contributed by atoms with Crippen LogP contribution in [-0.4, -0.2) is 0 Å². The van der Waals surface area contributed by atoms with E-state index in [1.807, 2.05) is 55.4 Å². The van der Waals surface area contributed by atoms with E-state index in [-0.39, 0.29) is 0 Å². The van der Waals surface area contributed by atoms with Crippen LogP contribution in [0.25, 0.3) is 21.5 Å². The maximum absolute atomic E-state index is 2.24. The molecule has 0 aromatic heterocycles. The highest BCUT2D eigenvalue weighted by molar-refractivity contribution is 5.89. The smallest absolute Gasteiger partial charge is 0.00135 e. The van der Waals surface area contributed by atoms with E-state index in [1.165, 1.54) is 32.7 Å². The van der Waals surface area contributed by atoms with Gasteiger partial charge in [0.25, 0.3) is 0 Å². The normalized spacial score (nSPS) is 8.83. The first kappa shape index (κ1) is 26.4. The summed E-state index contributed by atoms with van der Waals surface area (Å²) in [4.78, 5) is 0. The minimum atomic E-state index is 0.975. The minimum Gasteiger partial charge on any atom is -0.0683 e. The van der Waals surface area contributed by atoms with Gasteiger partial charge in [-0.25, -0.2) is 0 Å². The molecule has 0 aliphatic rings. The van der Waals surface area contributed by atoms with Gasteiger partial charge in [0.2, 0.25) is 0 Å². The molecule has 4 rings (SSSR count). The van der Waals surface area contributed by atoms with Gasteiger partial charge in [0, 0.05) is 0 Å². The molecular weight excluding hydrogens is 348 g/mol. The molecule has 0 saturated heterocycles. The second-order valence-corrected chi connectivity index (χ2v) is 5.45.